The summed E-state index contributed by atoms with van der Waals surface area (Å²) < 4.78 is 5.35. The van der Waals surface area contributed by atoms with Gasteiger partial charge in [0.2, 0.25) is 0 Å². The van der Waals surface area contributed by atoms with Crippen LogP contribution >= 0.6 is 0 Å². The van der Waals surface area contributed by atoms with Crippen molar-refractivity contribution in [1.82, 2.24) is 4.90 Å². The van der Waals surface area contributed by atoms with E-state index in [1.54, 1.807) is 4.90 Å². The van der Waals surface area contributed by atoms with Crippen molar-refractivity contribution in [2.24, 2.45) is 5.41 Å². The van der Waals surface area contributed by atoms with Crippen molar-refractivity contribution < 1.29 is 14.6 Å². The first kappa shape index (κ1) is 11.7. The summed E-state index contributed by atoms with van der Waals surface area (Å²) >= 11 is 0. The Bertz CT molecular complexity index is 291. The average Bonchev–Trinajstić information content (AvgIpc) is 2.77. The molecule has 2 aliphatic rings. The summed E-state index contributed by atoms with van der Waals surface area (Å²) in [5.74, 6) is 0. The summed E-state index contributed by atoms with van der Waals surface area (Å²) in [5.41, 5.74) is -0.248. The number of carbonyl (C=O) groups is 1. The Labute approximate surface area is 96.6 Å². The molecule has 4 nitrogen and oxygen atoms in total. The number of aliphatic hydroxyl groups is 1. The Morgan fingerprint density at radius 1 is 1.44 bits per heavy atom. The van der Waals surface area contributed by atoms with E-state index in [4.69, 9.17) is 4.74 Å². The molecule has 1 amide bonds. The maximum absolute atomic E-state index is 11.9. The first-order valence-corrected chi connectivity index (χ1v) is 5.98. The van der Waals surface area contributed by atoms with Crippen LogP contribution in [-0.4, -0.2) is 40.9 Å². The molecule has 1 aliphatic carbocycles. The van der Waals surface area contributed by atoms with Gasteiger partial charge < -0.3 is 14.7 Å². The van der Waals surface area contributed by atoms with Gasteiger partial charge in [-0.05, 0) is 45.4 Å². The first-order valence-electron chi connectivity index (χ1n) is 5.98. The highest BCUT2D eigenvalue weighted by Crippen LogP contribution is 2.56. The number of amides is 1. The Hall–Kier alpha value is -0.770. The van der Waals surface area contributed by atoms with Gasteiger partial charge >= 0.3 is 6.09 Å². The lowest BCUT2D eigenvalue weighted by Crippen LogP contribution is -2.43. The highest BCUT2D eigenvalue weighted by molar-refractivity contribution is 5.69. The van der Waals surface area contributed by atoms with Crippen LogP contribution in [-0.2, 0) is 4.74 Å². The van der Waals surface area contributed by atoms with Crippen molar-refractivity contribution in [3.05, 3.63) is 0 Å². The molecule has 1 spiro atoms. The van der Waals surface area contributed by atoms with Gasteiger partial charge in [-0.15, -0.1) is 0 Å². The van der Waals surface area contributed by atoms with Crippen LogP contribution in [0, 0.1) is 5.41 Å². The second-order valence-electron chi connectivity index (χ2n) is 5.98. The standard InChI is InChI=1S/C12H21NO3/c1-11(2,3)16-10(15)13-7-6-12(4-5-12)9(13)8-14/h9,14H,4-8H2,1-3H3. The first-order chi connectivity index (χ1) is 7.38. The molecule has 1 atom stereocenters. The van der Waals surface area contributed by atoms with Gasteiger partial charge in [-0.1, -0.05) is 0 Å². The fraction of sp³-hybridized carbons (Fsp3) is 0.917. The number of hydrogen-bond donors (Lipinski definition) is 1. The molecule has 2 rings (SSSR count). The third-order valence-electron chi connectivity index (χ3n) is 3.63. The molecule has 0 bridgehead atoms. The fourth-order valence-corrected chi connectivity index (χ4v) is 2.57. The van der Waals surface area contributed by atoms with E-state index in [-0.39, 0.29) is 24.2 Å². The summed E-state index contributed by atoms with van der Waals surface area (Å²) in [6.45, 7) is 6.37. The van der Waals surface area contributed by atoms with Gasteiger partial charge in [-0.25, -0.2) is 4.79 Å². The van der Waals surface area contributed by atoms with Crippen LogP contribution in [0.5, 0.6) is 0 Å². The van der Waals surface area contributed by atoms with Crippen LogP contribution in [0.25, 0.3) is 0 Å². The summed E-state index contributed by atoms with van der Waals surface area (Å²) in [7, 11) is 0. The van der Waals surface area contributed by atoms with Gasteiger partial charge in [0.15, 0.2) is 0 Å². The molecule has 0 aromatic carbocycles. The van der Waals surface area contributed by atoms with Gasteiger partial charge in [0, 0.05) is 6.54 Å². The monoisotopic (exact) mass is 227 g/mol. The van der Waals surface area contributed by atoms with E-state index in [2.05, 4.69) is 0 Å². The maximum Gasteiger partial charge on any atom is 0.410 e. The summed E-state index contributed by atoms with van der Waals surface area (Å²) in [6.07, 6.45) is 3.00. The van der Waals surface area contributed by atoms with E-state index in [1.807, 2.05) is 20.8 Å². The van der Waals surface area contributed by atoms with Crippen LogP contribution < -0.4 is 0 Å². The normalized spacial score (nSPS) is 27.2. The minimum Gasteiger partial charge on any atom is -0.444 e. The zero-order valence-electron chi connectivity index (χ0n) is 10.3. The Kier molecular flexibility index (Phi) is 2.65. The molecular formula is C12H21NO3. The molecule has 16 heavy (non-hydrogen) atoms. The number of carbonyl (C=O) groups excluding carboxylic acids is 1. The van der Waals surface area contributed by atoms with Gasteiger partial charge in [-0.3, -0.25) is 0 Å². The quantitative estimate of drug-likeness (QED) is 0.742. The van der Waals surface area contributed by atoms with Gasteiger partial charge in [0.25, 0.3) is 0 Å². The van der Waals surface area contributed by atoms with E-state index in [0.717, 1.165) is 25.8 Å². The van der Waals surface area contributed by atoms with E-state index >= 15 is 0 Å². The number of hydrogen-bond acceptors (Lipinski definition) is 3. The van der Waals surface area contributed by atoms with E-state index in [9.17, 15) is 9.90 Å². The van der Waals surface area contributed by atoms with Crippen LogP contribution in [0.4, 0.5) is 4.79 Å². The Morgan fingerprint density at radius 3 is 2.50 bits per heavy atom. The SMILES string of the molecule is CC(C)(C)OC(=O)N1CCC2(CC2)C1CO. The molecule has 1 unspecified atom stereocenters. The van der Waals surface area contributed by atoms with Crippen molar-refractivity contribution in [2.45, 2.75) is 51.7 Å². The molecule has 1 aliphatic heterocycles. The highest BCUT2D eigenvalue weighted by atomic mass is 16.6. The topological polar surface area (TPSA) is 49.8 Å². The summed E-state index contributed by atoms with van der Waals surface area (Å²) in [5, 5.41) is 9.41. The maximum atomic E-state index is 11.9. The number of aliphatic hydroxyl groups excluding tert-OH is 1. The molecule has 92 valence electrons. The summed E-state index contributed by atoms with van der Waals surface area (Å²) in [4.78, 5) is 13.6. The second kappa shape index (κ2) is 3.62. The Morgan fingerprint density at radius 2 is 2.06 bits per heavy atom. The van der Waals surface area contributed by atoms with Crippen LogP contribution in [0.2, 0.25) is 0 Å². The van der Waals surface area contributed by atoms with Gasteiger partial charge in [0.05, 0.1) is 12.6 Å². The predicted molar refractivity (Wildman–Crippen MR) is 60.1 cm³/mol. The molecule has 0 aromatic heterocycles. The van der Waals surface area contributed by atoms with Gasteiger partial charge in [0.1, 0.15) is 5.60 Å². The molecule has 2 fully saturated rings. The van der Waals surface area contributed by atoms with E-state index < -0.39 is 5.60 Å². The average molecular weight is 227 g/mol. The zero-order chi connectivity index (χ0) is 12.0. The summed E-state index contributed by atoms with van der Waals surface area (Å²) in [6, 6.07) is -0.0256. The lowest BCUT2D eigenvalue weighted by Gasteiger charge is -2.29. The van der Waals surface area contributed by atoms with Crippen LogP contribution in [0.1, 0.15) is 40.0 Å². The van der Waals surface area contributed by atoms with E-state index in [0.29, 0.717) is 0 Å². The molecule has 0 radical (unpaired) electrons. The van der Waals surface area contributed by atoms with Crippen molar-refractivity contribution in [3.63, 3.8) is 0 Å². The fourth-order valence-electron chi connectivity index (χ4n) is 2.57. The number of rotatable bonds is 1. The molecule has 0 aromatic rings. The number of likely N-dealkylation sites (tertiary alicyclic amines) is 1. The third-order valence-corrected chi connectivity index (χ3v) is 3.63. The molecule has 1 saturated heterocycles. The molecule has 1 N–H and O–H groups in total. The molecule has 1 saturated carbocycles. The molecule has 1 heterocycles. The number of ether oxygens (including phenoxy) is 1. The van der Waals surface area contributed by atoms with Crippen LogP contribution in [0.3, 0.4) is 0 Å². The third kappa shape index (κ3) is 2.03. The second-order valence-corrected chi connectivity index (χ2v) is 5.98. The van der Waals surface area contributed by atoms with Crippen molar-refractivity contribution in [1.29, 1.82) is 0 Å². The van der Waals surface area contributed by atoms with Crippen molar-refractivity contribution in [3.8, 4) is 0 Å². The van der Waals surface area contributed by atoms with Crippen molar-refractivity contribution in [2.75, 3.05) is 13.2 Å². The van der Waals surface area contributed by atoms with E-state index in [1.165, 1.54) is 0 Å². The molecule has 4 heteroatoms. The predicted octanol–water partition coefficient (Wildman–Crippen LogP) is 1.77. The minimum absolute atomic E-state index is 0.0256. The van der Waals surface area contributed by atoms with Crippen LogP contribution in [0.15, 0.2) is 0 Å². The number of nitrogens with zero attached hydrogens (tertiary/aromatic N) is 1. The van der Waals surface area contributed by atoms with Gasteiger partial charge in [-0.2, -0.15) is 0 Å². The largest absolute Gasteiger partial charge is 0.444 e. The highest BCUT2D eigenvalue weighted by Gasteiger charge is 2.56. The van der Waals surface area contributed by atoms with Crippen molar-refractivity contribution >= 4 is 6.09 Å². The molecular weight excluding hydrogens is 206 g/mol. The zero-order valence-corrected chi connectivity index (χ0v) is 10.3. The Balaban J connectivity index is 2.02. The minimum atomic E-state index is -0.462. The lowest BCUT2D eigenvalue weighted by molar-refractivity contribution is 0.0135. The lowest BCUT2D eigenvalue weighted by atomic mass is 9.98. The smallest absolute Gasteiger partial charge is 0.410 e.